The van der Waals surface area contributed by atoms with Crippen molar-refractivity contribution in [2.24, 2.45) is 0 Å². The minimum absolute atomic E-state index is 0. The topological polar surface area (TPSA) is 0 Å². The molecule has 0 aliphatic heterocycles. The molecule has 0 heterocycles. The fourth-order valence-electron chi connectivity index (χ4n) is 8.99. The summed E-state index contributed by atoms with van der Waals surface area (Å²) >= 11 is 0. The largest absolute Gasteiger partial charge is 0.0776 e. The van der Waals surface area contributed by atoms with Gasteiger partial charge in [0.2, 0.25) is 0 Å². The van der Waals surface area contributed by atoms with E-state index in [1.165, 1.54) is 98.4 Å². The van der Waals surface area contributed by atoms with Crippen LogP contribution in [0, 0.1) is 0 Å². The molecule has 0 amide bonds. The van der Waals surface area contributed by atoms with E-state index in [1.54, 1.807) is 0 Å². The van der Waals surface area contributed by atoms with Crippen molar-refractivity contribution in [1.82, 2.24) is 0 Å². The molecule has 0 radical (unpaired) electrons. The second-order valence-corrected chi connectivity index (χ2v) is 13.7. The van der Waals surface area contributed by atoms with Crippen LogP contribution >= 0.6 is 0 Å². The number of hydrogen-bond acceptors (Lipinski definition) is 0. The predicted octanol–water partition coefficient (Wildman–Crippen LogP) is 12.1. The van der Waals surface area contributed by atoms with Crippen LogP contribution in [0.4, 0.5) is 0 Å². The maximum atomic E-state index is 2.58. The van der Waals surface area contributed by atoms with Crippen LogP contribution in [0.15, 0.2) is 109 Å². The van der Waals surface area contributed by atoms with Crippen molar-refractivity contribution in [3.63, 3.8) is 0 Å². The molecule has 2 aliphatic rings. The fraction of sp³-hybridized carbons (Fsp3) is 0.163. The lowest BCUT2D eigenvalue weighted by Gasteiger charge is -2.25. The Kier molecular flexibility index (Phi) is 4.53. The minimum Gasteiger partial charge on any atom is -0.0776 e. The predicted molar refractivity (Wildman–Crippen MR) is 187 cm³/mol. The Bertz CT molecular complexity index is 2490. The van der Waals surface area contributed by atoms with Crippen LogP contribution in [-0.4, -0.2) is 0 Å². The van der Waals surface area contributed by atoms with E-state index in [2.05, 4.69) is 137 Å². The summed E-state index contributed by atoms with van der Waals surface area (Å²) in [5, 5.41) is 13.7. The molecule has 8 aromatic carbocycles. The highest BCUT2D eigenvalue weighted by Gasteiger charge is 2.43. The molecule has 206 valence electrons. The van der Waals surface area contributed by atoms with Gasteiger partial charge >= 0.3 is 0 Å². The third-order valence-corrected chi connectivity index (χ3v) is 10.9. The fourth-order valence-corrected chi connectivity index (χ4v) is 8.99. The van der Waals surface area contributed by atoms with E-state index < -0.39 is 0 Å². The summed E-state index contributed by atoms with van der Waals surface area (Å²) in [5.41, 5.74) is 11.3. The second kappa shape index (κ2) is 7.82. The molecule has 0 heteroatoms. The smallest absolute Gasteiger partial charge is 0.0165 e. The number of rotatable bonds is 0. The Morgan fingerprint density at radius 2 is 0.953 bits per heavy atom. The molecule has 43 heavy (non-hydrogen) atoms. The molecule has 0 N–H and O–H groups in total. The maximum Gasteiger partial charge on any atom is 0.0165 e. The van der Waals surface area contributed by atoms with Gasteiger partial charge in [-0.2, -0.15) is 0 Å². The molecule has 0 saturated carbocycles. The quantitative estimate of drug-likeness (QED) is 0.165. The first-order valence-corrected chi connectivity index (χ1v) is 15.2. The van der Waals surface area contributed by atoms with Gasteiger partial charge in [0, 0.05) is 10.8 Å². The van der Waals surface area contributed by atoms with Crippen molar-refractivity contribution in [3.05, 3.63) is 131 Å². The Morgan fingerprint density at radius 1 is 0.395 bits per heavy atom. The summed E-state index contributed by atoms with van der Waals surface area (Å²) in [6, 6.07) is 41.8. The summed E-state index contributed by atoms with van der Waals surface area (Å²) < 4.78 is 0. The van der Waals surface area contributed by atoms with Gasteiger partial charge in [0.05, 0.1) is 0 Å². The summed E-state index contributed by atoms with van der Waals surface area (Å²) in [7, 11) is 0. The van der Waals surface area contributed by atoms with Crippen molar-refractivity contribution >= 4 is 53.9 Å². The van der Waals surface area contributed by atoms with E-state index >= 15 is 0 Å². The Balaban J connectivity index is 0.00000260. The SMILES string of the molecule is C.CC1(C)c2cc3c(cc2-c2c1cc1ccc4cccc5ccc2c1c45)C(C)(C)c1c-3c2ccccc2c2ccccc12. The van der Waals surface area contributed by atoms with Gasteiger partial charge in [-0.1, -0.05) is 126 Å². The zero-order valence-corrected chi connectivity index (χ0v) is 24.4. The first-order chi connectivity index (χ1) is 20.4. The van der Waals surface area contributed by atoms with Gasteiger partial charge in [-0.25, -0.2) is 0 Å². The van der Waals surface area contributed by atoms with Crippen LogP contribution in [-0.2, 0) is 10.8 Å². The van der Waals surface area contributed by atoms with Crippen molar-refractivity contribution in [3.8, 4) is 22.3 Å². The Labute approximate surface area is 252 Å². The van der Waals surface area contributed by atoms with Crippen molar-refractivity contribution in [1.29, 1.82) is 0 Å². The Morgan fingerprint density at radius 3 is 1.67 bits per heavy atom. The molecule has 0 saturated heterocycles. The van der Waals surface area contributed by atoms with Crippen molar-refractivity contribution in [2.75, 3.05) is 0 Å². The van der Waals surface area contributed by atoms with E-state index in [-0.39, 0.29) is 18.3 Å². The molecule has 2 aliphatic carbocycles. The van der Waals surface area contributed by atoms with Crippen LogP contribution in [0.5, 0.6) is 0 Å². The average molecular weight is 551 g/mol. The molecule has 10 rings (SSSR count). The van der Waals surface area contributed by atoms with Crippen molar-refractivity contribution < 1.29 is 0 Å². The molecule has 0 atom stereocenters. The van der Waals surface area contributed by atoms with E-state index in [0.717, 1.165) is 0 Å². The summed E-state index contributed by atoms with van der Waals surface area (Å²) in [4.78, 5) is 0. The highest BCUT2D eigenvalue weighted by Crippen LogP contribution is 2.60. The molecular weight excluding hydrogens is 516 g/mol. The lowest BCUT2D eigenvalue weighted by molar-refractivity contribution is 0.655. The molecular formula is C43H34. The van der Waals surface area contributed by atoms with Gasteiger partial charge in [-0.15, -0.1) is 0 Å². The first-order valence-electron chi connectivity index (χ1n) is 15.2. The highest BCUT2D eigenvalue weighted by atomic mass is 14.5. The summed E-state index contributed by atoms with van der Waals surface area (Å²) in [5.74, 6) is 0. The standard InChI is InChI=1S/C42H30.CH4/c1-41(2)33-22-32-34(42(3,4)40-29-15-8-6-13-27(29)26-12-5-7-14-28(26)39(32)40)21-31(33)38-30-19-18-24-11-9-10-23-16-17-25(20-35(38)41)37(30)36(23)24;/h5-22H,1-4H3;1H4. The van der Waals surface area contributed by atoms with E-state index in [9.17, 15) is 0 Å². The number of fused-ring (bicyclic) bond motifs is 12. The summed E-state index contributed by atoms with van der Waals surface area (Å²) in [6.45, 7) is 9.75. The first kappa shape index (κ1) is 24.9. The van der Waals surface area contributed by atoms with Gasteiger partial charge in [0.25, 0.3) is 0 Å². The van der Waals surface area contributed by atoms with Crippen LogP contribution in [0.25, 0.3) is 76.1 Å². The van der Waals surface area contributed by atoms with Crippen LogP contribution < -0.4 is 0 Å². The van der Waals surface area contributed by atoms with Gasteiger partial charge < -0.3 is 0 Å². The van der Waals surface area contributed by atoms with E-state index in [1.807, 2.05) is 0 Å². The van der Waals surface area contributed by atoms with Crippen molar-refractivity contribution in [2.45, 2.75) is 46.0 Å². The number of benzene rings is 8. The lowest BCUT2D eigenvalue weighted by Crippen LogP contribution is -2.17. The van der Waals surface area contributed by atoms with Gasteiger partial charge in [0.1, 0.15) is 0 Å². The van der Waals surface area contributed by atoms with E-state index in [0.29, 0.717) is 0 Å². The molecule has 0 nitrogen and oxygen atoms in total. The molecule has 0 spiro atoms. The Hall–Kier alpha value is -4.68. The maximum absolute atomic E-state index is 2.58. The molecule has 0 fully saturated rings. The number of hydrogen-bond donors (Lipinski definition) is 0. The zero-order chi connectivity index (χ0) is 28.1. The van der Waals surface area contributed by atoms with Gasteiger partial charge in [0.15, 0.2) is 0 Å². The molecule has 0 unspecified atom stereocenters. The monoisotopic (exact) mass is 550 g/mol. The average Bonchev–Trinajstić information content (AvgIpc) is 3.38. The minimum atomic E-state index is -0.111. The third kappa shape index (κ3) is 2.78. The lowest BCUT2D eigenvalue weighted by atomic mass is 9.78. The second-order valence-electron chi connectivity index (χ2n) is 13.7. The normalized spacial score (nSPS) is 15.6. The van der Waals surface area contributed by atoms with E-state index in [4.69, 9.17) is 0 Å². The molecule has 8 aromatic rings. The van der Waals surface area contributed by atoms with Crippen LogP contribution in [0.1, 0.15) is 57.4 Å². The van der Waals surface area contributed by atoms with Crippen LogP contribution in [0.3, 0.4) is 0 Å². The van der Waals surface area contributed by atoms with Gasteiger partial charge in [-0.05, 0) is 117 Å². The molecule has 0 bridgehead atoms. The van der Waals surface area contributed by atoms with Crippen LogP contribution in [0.2, 0.25) is 0 Å². The van der Waals surface area contributed by atoms with Gasteiger partial charge in [-0.3, -0.25) is 0 Å². The zero-order valence-electron chi connectivity index (χ0n) is 24.4. The molecule has 0 aromatic heterocycles. The summed E-state index contributed by atoms with van der Waals surface area (Å²) in [6.07, 6.45) is 0. The third-order valence-electron chi connectivity index (χ3n) is 10.9. The highest BCUT2D eigenvalue weighted by molar-refractivity contribution is 6.27.